The van der Waals surface area contributed by atoms with Crippen LogP contribution in [0.15, 0.2) is 82.7 Å². The first kappa shape index (κ1) is 31.0. The Morgan fingerprint density at radius 1 is 1.02 bits per heavy atom. The van der Waals surface area contributed by atoms with Crippen molar-refractivity contribution < 1.29 is 38.0 Å². The summed E-state index contributed by atoms with van der Waals surface area (Å²) in [7, 11) is -2.67. The predicted molar refractivity (Wildman–Crippen MR) is 159 cm³/mol. The van der Waals surface area contributed by atoms with E-state index in [0.717, 1.165) is 0 Å². The third kappa shape index (κ3) is 5.98. The summed E-state index contributed by atoms with van der Waals surface area (Å²) < 4.78 is 40.2. The quantitative estimate of drug-likeness (QED) is 0.158. The Hall–Kier alpha value is -4.47. The number of fused-ring (bicyclic) bond motifs is 2. The molecule has 0 spiro atoms. The molecule has 2 aromatic heterocycles. The van der Waals surface area contributed by atoms with Crippen LogP contribution in [0.1, 0.15) is 24.2 Å². The van der Waals surface area contributed by atoms with Crippen LogP contribution in [-0.4, -0.2) is 87.9 Å². The molecule has 230 valence electrons. The number of sulfone groups is 1. The number of aromatic nitrogens is 4. The third-order valence-electron chi connectivity index (χ3n) is 7.26. The van der Waals surface area contributed by atoms with Gasteiger partial charge in [-0.2, -0.15) is 0 Å². The summed E-state index contributed by atoms with van der Waals surface area (Å²) in [4.78, 5) is 17.7. The number of hydrogen-bond donors (Lipinski definition) is 4. The Bertz CT molecular complexity index is 1910. The lowest BCUT2D eigenvalue weighted by Gasteiger charge is -2.27. The van der Waals surface area contributed by atoms with Gasteiger partial charge in [-0.1, -0.05) is 17.3 Å². The van der Waals surface area contributed by atoms with Gasteiger partial charge in [0.05, 0.1) is 47.5 Å². The number of nitrogens with zero attached hydrogens (tertiary/aromatic N) is 4. The van der Waals surface area contributed by atoms with Crippen molar-refractivity contribution in [3.63, 3.8) is 0 Å². The highest BCUT2D eigenvalue weighted by molar-refractivity contribution is 7.91. The molecule has 3 unspecified atom stereocenters. The molecule has 1 amide bonds. The van der Waals surface area contributed by atoms with Crippen molar-refractivity contribution in [2.75, 3.05) is 13.7 Å². The highest BCUT2D eigenvalue weighted by atomic mass is 32.2. The Morgan fingerprint density at radius 2 is 1.75 bits per heavy atom. The van der Waals surface area contributed by atoms with E-state index in [4.69, 9.17) is 9.47 Å². The number of pyridine rings is 1. The van der Waals surface area contributed by atoms with E-state index >= 15 is 0 Å². The Kier molecular flexibility index (Phi) is 8.90. The summed E-state index contributed by atoms with van der Waals surface area (Å²) in [6.45, 7) is 2.66. The zero-order valence-corrected chi connectivity index (χ0v) is 24.8. The molecular formula is C30H31N5O8S. The van der Waals surface area contributed by atoms with E-state index < -0.39 is 46.9 Å². The molecule has 2 heterocycles. The molecular weight excluding hydrogens is 590 g/mol. The zero-order chi connectivity index (χ0) is 31.6. The average Bonchev–Trinajstić information content (AvgIpc) is 3.46. The second-order valence-electron chi connectivity index (χ2n) is 10.1. The number of methoxy groups -OCH3 is 1. The molecule has 0 saturated heterocycles. The lowest BCUT2D eigenvalue weighted by atomic mass is 10.1. The van der Waals surface area contributed by atoms with E-state index in [1.54, 1.807) is 62.4 Å². The standard InChI is InChI=1S/C30H31N5O8S/c1-17(18(2)43-26(16-36)30(38)39)32-29(37)19-8-13-23-22(14-19)28(35-25-7-5-4-6-24(25)33-34-35)27(15-31-23)44(40,41)21-11-9-20(42-3)10-12-21/h4-15,17-18,26,30,36,38-39H,16H2,1-3H3,(H,32,37). The number of carbonyl (C=O) groups excluding carboxylic acids is 1. The van der Waals surface area contributed by atoms with Crippen LogP contribution in [0, 0.1) is 0 Å². The largest absolute Gasteiger partial charge is 0.497 e. The van der Waals surface area contributed by atoms with Gasteiger partial charge in [0, 0.05) is 17.1 Å². The maximum Gasteiger partial charge on any atom is 0.251 e. The van der Waals surface area contributed by atoms with Crippen LogP contribution < -0.4 is 10.1 Å². The van der Waals surface area contributed by atoms with E-state index in [9.17, 15) is 28.5 Å². The van der Waals surface area contributed by atoms with Crippen molar-refractivity contribution >= 4 is 37.7 Å². The molecule has 0 saturated carbocycles. The van der Waals surface area contributed by atoms with Gasteiger partial charge in [-0.25, -0.2) is 13.1 Å². The lowest BCUT2D eigenvalue weighted by molar-refractivity contribution is -0.176. The first-order valence-electron chi connectivity index (χ1n) is 13.6. The summed E-state index contributed by atoms with van der Waals surface area (Å²) in [5.74, 6) is -0.00939. The van der Waals surface area contributed by atoms with Gasteiger partial charge in [-0.15, -0.1) is 5.10 Å². The number of ether oxygens (including phenoxy) is 2. The van der Waals surface area contributed by atoms with Crippen molar-refractivity contribution in [1.29, 1.82) is 0 Å². The van der Waals surface area contributed by atoms with Gasteiger partial charge in [-0.05, 0) is 68.4 Å². The van der Waals surface area contributed by atoms with Crippen molar-refractivity contribution in [1.82, 2.24) is 25.3 Å². The number of carbonyl (C=O) groups is 1. The topological polar surface area (TPSA) is 186 Å². The highest BCUT2D eigenvalue weighted by Crippen LogP contribution is 2.34. The van der Waals surface area contributed by atoms with E-state index in [-0.39, 0.29) is 21.0 Å². The molecule has 0 aliphatic carbocycles. The second-order valence-corrected chi connectivity index (χ2v) is 12.0. The van der Waals surface area contributed by atoms with Crippen LogP contribution >= 0.6 is 0 Å². The summed E-state index contributed by atoms with van der Waals surface area (Å²) in [6, 6.07) is 17.1. The minimum Gasteiger partial charge on any atom is -0.497 e. The summed E-state index contributed by atoms with van der Waals surface area (Å²) in [5.41, 5.74) is 1.86. The van der Waals surface area contributed by atoms with Gasteiger partial charge in [-0.3, -0.25) is 9.78 Å². The van der Waals surface area contributed by atoms with Crippen molar-refractivity contribution in [3.8, 4) is 11.4 Å². The number of para-hydroxylation sites is 1. The number of nitrogens with one attached hydrogen (secondary N) is 1. The van der Waals surface area contributed by atoms with Gasteiger partial charge < -0.3 is 30.1 Å². The fourth-order valence-electron chi connectivity index (χ4n) is 4.64. The van der Waals surface area contributed by atoms with Crippen LogP contribution in [0.25, 0.3) is 27.6 Å². The number of benzene rings is 3. The fourth-order valence-corrected chi connectivity index (χ4v) is 6.03. The summed E-state index contributed by atoms with van der Waals surface area (Å²) in [5, 5.41) is 39.7. The number of aliphatic hydroxyl groups excluding tert-OH is 2. The van der Waals surface area contributed by atoms with Crippen molar-refractivity contribution in [3.05, 3.63) is 78.5 Å². The van der Waals surface area contributed by atoms with Crippen molar-refractivity contribution in [2.24, 2.45) is 0 Å². The van der Waals surface area contributed by atoms with Gasteiger partial charge in [0.2, 0.25) is 9.84 Å². The van der Waals surface area contributed by atoms with E-state index in [0.29, 0.717) is 27.7 Å². The number of amides is 1. The maximum atomic E-state index is 14.0. The van der Waals surface area contributed by atoms with Crippen LogP contribution in [0.2, 0.25) is 0 Å². The molecule has 0 fully saturated rings. The second kappa shape index (κ2) is 12.6. The zero-order valence-electron chi connectivity index (χ0n) is 24.0. The molecule has 0 aliphatic heterocycles. The minimum atomic E-state index is -4.15. The first-order valence-corrected chi connectivity index (χ1v) is 15.1. The molecule has 0 aliphatic rings. The number of hydrogen-bond acceptors (Lipinski definition) is 11. The molecule has 14 heteroatoms. The highest BCUT2D eigenvalue weighted by Gasteiger charge is 2.28. The van der Waals surface area contributed by atoms with Crippen LogP contribution in [0.5, 0.6) is 5.75 Å². The van der Waals surface area contributed by atoms with Crippen molar-refractivity contribution in [2.45, 2.75) is 48.2 Å². The third-order valence-corrected chi connectivity index (χ3v) is 9.03. The molecule has 5 aromatic rings. The average molecular weight is 622 g/mol. The van der Waals surface area contributed by atoms with E-state index in [2.05, 4.69) is 20.6 Å². The molecule has 0 radical (unpaired) electrons. The lowest BCUT2D eigenvalue weighted by Crippen LogP contribution is -2.45. The Labute approximate surface area is 252 Å². The Morgan fingerprint density at radius 3 is 2.43 bits per heavy atom. The molecule has 3 atom stereocenters. The summed E-state index contributed by atoms with van der Waals surface area (Å²) >= 11 is 0. The van der Waals surface area contributed by atoms with Gasteiger partial charge >= 0.3 is 0 Å². The number of rotatable bonds is 11. The maximum absolute atomic E-state index is 14.0. The van der Waals surface area contributed by atoms with Crippen LogP contribution in [-0.2, 0) is 14.6 Å². The molecule has 4 N–H and O–H groups in total. The first-order chi connectivity index (χ1) is 21.0. The smallest absolute Gasteiger partial charge is 0.251 e. The molecule has 3 aromatic carbocycles. The Balaban J connectivity index is 1.61. The minimum absolute atomic E-state index is 0.0102. The van der Waals surface area contributed by atoms with Gasteiger partial charge in [0.1, 0.15) is 22.3 Å². The fraction of sp³-hybridized carbons (Fsp3) is 0.267. The van der Waals surface area contributed by atoms with E-state index in [1.807, 2.05) is 0 Å². The molecule has 0 bridgehead atoms. The molecule has 13 nitrogen and oxygen atoms in total. The monoisotopic (exact) mass is 621 g/mol. The van der Waals surface area contributed by atoms with Crippen LogP contribution in [0.3, 0.4) is 0 Å². The molecule has 5 rings (SSSR count). The molecule has 44 heavy (non-hydrogen) atoms. The van der Waals surface area contributed by atoms with E-state index in [1.165, 1.54) is 36.2 Å². The van der Waals surface area contributed by atoms with Gasteiger partial charge in [0.25, 0.3) is 5.91 Å². The number of aliphatic hydroxyl groups is 3. The van der Waals surface area contributed by atoms with Crippen LogP contribution in [0.4, 0.5) is 0 Å². The normalized spacial score (nSPS) is 14.1. The summed E-state index contributed by atoms with van der Waals surface area (Å²) in [6.07, 6.45) is -2.57. The van der Waals surface area contributed by atoms with Gasteiger partial charge in [0.15, 0.2) is 6.29 Å². The predicted octanol–water partition coefficient (Wildman–Crippen LogP) is 2.01. The SMILES string of the molecule is COc1ccc(S(=O)(=O)c2cnc3ccc(C(=O)NC(C)C(C)OC(CO)C(O)O)cc3c2-n2nnc3ccccc32)cc1.